The molecule has 0 bridgehead atoms. The third-order valence-corrected chi connectivity index (χ3v) is 1.16. The van der Waals surface area contributed by atoms with Crippen LogP contribution in [-0.2, 0) is 4.74 Å². The van der Waals surface area contributed by atoms with E-state index in [1.54, 1.807) is 6.08 Å². The number of hydrogen-bond donors (Lipinski definition) is 0. The maximum atomic E-state index is 5.18. The third-order valence-electron chi connectivity index (χ3n) is 1.16. The Hall–Kier alpha value is -0.720. The summed E-state index contributed by atoms with van der Waals surface area (Å²) in [6.07, 6.45) is 5.94. The van der Waals surface area contributed by atoms with Crippen molar-refractivity contribution in [2.75, 3.05) is 6.61 Å². The molecule has 0 spiro atoms. The lowest BCUT2D eigenvalue weighted by atomic mass is 10.3. The molecule has 0 aromatic rings. The van der Waals surface area contributed by atoms with Gasteiger partial charge in [0.2, 0.25) is 0 Å². The zero-order valence-electron chi connectivity index (χ0n) is 4.89. The second-order valence-electron chi connectivity index (χ2n) is 1.82. The van der Waals surface area contributed by atoms with Crippen LogP contribution in [0.5, 0.6) is 0 Å². The maximum Gasteiger partial charge on any atom is 0.0960 e. The molecule has 1 saturated heterocycles. The molecule has 0 saturated carbocycles. The molecule has 1 heteroatoms. The van der Waals surface area contributed by atoms with Crippen molar-refractivity contribution in [2.24, 2.45) is 0 Å². The molecule has 0 aliphatic carbocycles. The molecule has 1 fully saturated rings. The number of rotatable bonds is 1. The van der Waals surface area contributed by atoms with Gasteiger partial charge in [-0.1, -0.05) is 12.7 Å². The molecule has 1 rings (SSSR count). The van der Waals surface area contributed by atoms with Crippen LogP contribution in [0.15, 0.2) is 24.5 Å². The van der Waals surface area contributed by atoms with E-state index in [9.17, 15) is 0 Å². The highest BCUT2D eigenvalue weighted by atomic mass is 16.5. The molecule has 0 aromatic carbocycles. The molecule has 1 heterocycles. The molecule has 1 aliphatic rings. The van der Waals surface area contributed by atoms with Gasteiger partial charge in [0.05, 0.1) is 12.4 Å². The predicted molar refractivity (Wildman–Crippen MR) is 33.5 cm³/mol. The first-order valence-electron chi connectivity index (χ1n) is 2.88. The van der Waals surface area contributed by atoms with Crippen LogP contribution in [0.4, 0.5) is 0 Å². The summed E-state index contributed by atoms with van der Waals surface area (Å²) in [6, 6.07) is 0. The highest BCUT2D eigenvalue weighted by Gasteiger charge is 2.04. The Morgan fingerprint density at radius 3 is 3.00 bits per heavy atom. The van der Waals surface area contributed by atoms with Crippen molar-refractivity contribution in [1.29, 1.82) is 0 Å². The molecule has 8 heavy (non-hydrogen) atoms. The van der Waals surface area contributed by atoms with Gasteiger partial charge in [-0.2, -0.15) is 0 Å². The Balaban J connectivity index is 2.44. The maximum absolute atomic E-state index is 5.18. The quantitative estimate of drug-likeness (QED) is 0.500. The minimum Gasteiger partial charge on any atom is -0.498 e. The van der Waals surface area contributed by atoms with E-state index in [0.717, 1.165) is 18.8 Å². The molecule has 44 valence electrons. The van der Waals surface area contributed by atoms with Gasteiger partial charge in [-0.15, -0.1) is 0 Å². The predicted octanol–water partition coefficient (Wildman–Crippen LogP) is 1.87. The van der Waals surface area contributed by atoms with Crippen LogP contribution < -0.4 is 0 Å². The Morgan fingerprint density at radius 1 is 1.62 bits per heavy atom. The average molecular weight is 110 g/mol. The van der Waals surface area contributed by atoms with Crippen molar-refractivity contribution in [3.63, 3.8) is 0 Å². The topological polar surface area (TPSA) is 9.23 Å². The zero-order chi connectivity index (χ0) is 5.82. The first-order chi connectivity index (χ1) is 3.93. The van der Waals surface area contributed by atoms with Gasteiger partial charge in [-0.25, -0.2) is 0 Å². The number of hydrogen-bond acceptors (Lipinski definition) is 1. The lowest BCUT2D eigenvalue weighted by Gasteiger charge is -1.91. The van der Waals surface area contributed by atoms with Gasteiger partial charge in [0, 0.05) is 6.42 Å². The molecule has 0 aromatic heterocycles. The fraction of sp³-hybridized carbons (Fsp3) is 0.429. The summed E-state index contributed by atoms with van der Waals surface area (Å²) in [6.45, 7) is 4.46. The lowest BCUT2D eigenvalue weighted by molar-refractivity contribution is 0.263. The van der Waals surface area contributed by atoms with Crippen molar-refractivity contribution < 1.29 is 4.74 Å². The van der Waals surface area contributed by atoms with E-state index in [1.807, 2.05) is 6.08 Å². The summed E-state index contributed by atoms with van der Waals surface area (Å²) >= 11 is 0. The van der Waals surface area contributed by atoms with Crippen LogP contribution in [-0.4, -0.2) is 6.61 Å². The summed E-state index contributed by atoms with van der Waals surface area (Å²) < 4.78 is 5.18. The Bertz CT molecular complexity index is 106. The summed E-state index contributed by atoms with van der Waals surface area (Å²) in [7, 11) is 0. The van der Waals surface area contributed by atoms with Crippen molar-refractivity contribution in [2.45, 2.75) is 12.8 Å². The first kappa shape index (κ1) is 5.42. The highest BCUT2D eigenvalue weighted by molar-refractivity contribution is 5.05. The third kappa shape index (κ3) is 1.12. The molecule has 0 amide bonds. The molecule has 0 radical (unpaired) electrons. The van der Waals surface area contributed by atoms with Gasteiger partial charge in [0.15, 0.2) is 0 Å². The van der Waals surface area contributed by atoms with Crippen LogP contribution in [0, 0.1) is 0 Å². The van der Waals surface area contributed by atoms with Crippen LogP contribution >= 0.6 is 0 Å². The number of ether oxygens (including phenoxy) is 1. The van der Waals surface area contributed by atoms with E-state index in [2.05, 4.69) is 6.58 Å². The van der Waals surface area contributed by atoms with Gasteiger partial charge in [-0.3, -0.25) is 0 Å². The second-order valence-corrected chi connectivity index (χ2v) is 1.82. The summed E-state index contributed by atoms with van der Waals surface area (Å²) in [5, 5.41) is 0. The second kappa shape index (κ2) is 2.55. The summed E-state index contributed by atoms with van der Waals surface area (Å²) in [5.41, 5.74) is 0. The van der Waals surface area contributed by atoms with Crippen molar-refractivity contribution in [3.05, 3.63) is 24.5 Å². The van der Waals surface area contributed by atoms with E-state index in [0.29, 0.717) is 0 Å². The highest BCUT2D eigenvalue weighted by Crippen LogP contribution is 2.14. The standard InChI is InChI=1S/C7H10O/c1-2-4-7-5-3-6-8-7/h2,4H,1,3,5-6H2. The normalized spacial score (nSPS) is 23.2. The van der Waals surface area contributed by atoms with Crippen molar-refractivity contribution in [1.82, 2.24) is 0 Å². The molecule has 0 N–H and O–H groups in total. The molecular formula is C7H10O. The Kier molecular flexibility index (Phi) is 1.73. The fourth-order valence-electron chi connectivity index (χ4n) is 0.785. The van der Waals surface area contributed by atoms with Gasteiger partial charge < -0.3 is 4.74 Å². The average Bonchev–Trinajstić information content (AvgIpc) is 2.19. The SMILES string of the molecule is C=CC=C1CCCO1. The monoisotopic (exact) mass is 110 g/mol. The molecule has 1 nitrogen and oxygen atoms in total. The van der Waals surface area contributed by atoms with Gasteiger partial charge in [-0.05, 0) is 12.5 Å². The van der Waals surface area contributed by atoms with Crippen molar-refractivity contribution >= 4 is 0 Å². The lowest BCUT2D eigenvalue weighted by Crippen LogP contribution is -1.75. The van der Waals surface area contributed by atoms with Crippen LogP contribution in [0.25, 0.3) is 0 Å². The van der Waals surface area contributed by atoms with E-state index < -0.39 is 0 Å². The first-order valence-corrected chi connectivity index (χ1v) is 2.88. The van der Waals surface area contributed by atoms with E-state index in [-0.39, 0.29) is 0 Å². The smallest absolute Gasteiger partial charge is 0.0960 e. The molecule has 0 unspecified atom stereocenters. The van der Waals surface area contributed by atoms with E-state index >= 15 is 0 Å². The van der Waals surface area contributed by atoms with Gasteiger partial charge in [0.25, 0.3) is 0 Å². The summed E-state index contributed by atoms with van der Waals surface area (Å²) in [4.78, 5) is 0. The Labute approximate surface area is 49.7 Å². The minimum absolute atomic E-state index is 0.889. The van der Waals surface area contributed by atoms with Gasteiger partial charge >= 0.3 is 0 Å². The molecule has 1 aliphatic heterocycles. The van der Waals surface area contributed by atoms with Crippen molar-refractivity contribution in [3.8, 4) is 0 Å². The minimum atomic E-state index is 0.889. The van der Waals surface area contributed by atoms with Crippen LogP contribution in [0.1, 0.15) is 12.8 Å². The molecular weight excluding hydrogens is 100 g/mol. The van der Waals surface area contributed by atoms with Crippen LogP contribution in [0.2, 0.25) is 0 Å². The van der Waals surface area contributed by atoms with Crippen LogP contribution in [0.3, 0.4) is 0 Å². The largest absolute Gasteiger partial charge is 0.498 e. The van der Waals surface area contributed by atoms with E-state index in [4.69, 9.17) is 4.74 Å². The fourth-order valence-corrected chi connectivity index (χ4v) is 0.785. The van der Waals surface area contributed by atoms with Gasteiger partial charge in [0.1, 0.15) is 0 Å². The summed E-state index contributed by atoms with van der Waals surface area (Å²) in [5.74, 6) is 1.08. The number of allylic oxidation sites excluding steroid dienone is 3. The zero-order valence-corrected chi connectivity index (χ0v) is 4.89. The molecule has 0 atom stereocenters. The van der Waals surface area contributed by atoms with E-state index in [1.165, 1.54) is 6.42 Å². The Morgan fingerprint density at radius 2 is 2.50 bits per heavy atom.